The largest absolute Gasteiger partial charge is 0.390 e. The molecule has 0 aliphatic carbocycles. The normalized spacial score (nSPS) is 17.6. The molecule has 1 amide bonds. The highest BCUT2D eigenvalue weighted by Gasteiger charge is 2.32. The van der Waals surface area contributed by atoms with Crippen LogP contribution in [0.25, 0.3) is 0 Å². The molecule has 1 fully saturated rings. The molecule has 0 unspecified atom stereocenters. The number of benzene rings is 1. The van der Waals surface area contributed by atoms with Gasteiger partial charge in [-0.15, -0.1) is 0 Å². The fourth-order valence-corrected chi connectivity index (χ4v) is 2.20. The van der Waals surface area contributed by atoms with E-state index in [1.165, 1.54) is 4.90 Å². The molecule has 1 aliphatic heterocycles. The molecule has 1 N–H and O–H groups in total. The molecule has 0 saturated carbocycles. The average Bonchev–Trinajstić information content (AvgIpc) is 2.37. The van der Waals surface area contributed by atoms with E-state index >= 15 is 0 Å². The molecule has 1 heterocycles. The van der Waals surface area contributed by atoms with Gasteiger partial charge in [-0.3, -0.25) is 14.9 Å². The molecule has 114 valence electrons. The number of nitro groups is 1. The van der Waals surface area contributed by atoms with Gasteiger partial charge in [-0.25, -0.2) is 4.39 Å². The molecule has 0 spiro atoms. The highest BCUT2D eigenvalue weighted by Crippen LogP contribution is 2.26. The third kappa shape index (κ3) is 3.15. The number of rotatable bonds is 2. The predicted octanol–water partition coefficient (Wildman–Crippen LogP) is 1.86. The number of carbonyl (C=O) groups excluding carboxylic acids is 1. The summed E-state index contributed by atoms with van der Waals surface area (Å²) in [4.78, 5) is 23.1. The number of hydrogen-bond donors (Lipinski definition) is 1. The summed E-state index contributed by atoms with van der Waals surface area (Å²) in [5.41, 5.74) is -2.36. The van der Waals surface area contributed by atoms with E-state index in [-0.39, 0.29) is 13.1 Å². The molecule has 0 atom stereocenters. The molecule has 0 radical (unpaired) electrons. The zero-order valence-corrected chi connectivity index (χ0v) is 11.3. The third-order valence-corrected chi connectivity index (χ3v) is 3.59. The van der Waals surface area contributed by atoms with Gasteiger partial charge in [0.1, 0.15) is 5.82 Å². The van der Waals surface area contributed by atoms with Crippen molar-refractivity contribution in [3.8, 4) is 0 Å². The van der Waals surface area contributed by atoms with Crippen molar-refractivity contribution in [1.29, 1.82) is 0 Å². The molecule has 6 nitrogen and oxygen atoms in total. The van der Waals surface area contributed by atoms with Crippen molar-refractivity contribution in [2.24, 2.45) is 0 Å². The van der Waals surface area contributed by atoms with Crippen LogP contribution in [0.15, 0.2) is 12.1 Å². The molecule has 1 saturated heterocycles. The molecule has 2 rings (SSSR count). The van der Waals surface area contributed by atoms with Gasteiger partial charge in [0.05, 0.1) is 16.1 Å². The van der Waals surface area contributed by atoms with Gasteiger partial charge in [0.2, 0.25) is 5.82 Å². The summed E-state index contributed by atoms with van der Waals surface area (Å²) in [5.74, 6) is -3.21. The van der Waals surface area contributed by atoms with Crippen molar-refractivity contribution < 1.29 is 23.6 Å². The van der Waals surface area contributed by atoms with Crippen LogP contribution in [0, 0.1) is 21.7 Å². The van der Waals surface area contributed by atoms with Crippen molar-refractivity contribution in [1.82, 2.24) is 4.90 Å². The van der Waals surface area contributed by atoms with Gasteiger partial charge < -0.3 is 10.0 Å². The van der Waals surface area contributed by atoms with Crippen LogP contribution in [-0.4, -0.2) is 39.5 Å². The monoisotopic (exact) mass is 300 g/mol. The lowest BCUT2D eigenvalue weighted by Gasteiger charge is -2.35. The van der Waals surface area contributed by atoms with Gasteiger partial charge in [0, 0.05) is 25.2 Å². The number of hydrogen-bond acceptors (Lipinski definition) is 4. The Bertz CT molecular complexity index is 594. The lowest BCUT2D eigenvalue weighted by Crippen LogP contribution is -2.45. The van der Waals surface area contributed by atoms with Gasteiger partial charge in [0.15, 0.2) is 0 Å². The number of nitrogens with zero attached hydrogens (tertiary/aromatic N) is 2. The number of likely N-dealkylation sites (tertiary alicyclic amines) is 1. The number of nitro benzene ring substituents is 1. The maximum Gasteiger partial charge on any atom is 0.305 e. The molecular weight excluding hydrogens is 286 g/mol. The number of amides is 1. The first-order valence-corrected chi connectivity index (χ1v) is 6.36. The summed E-state index contributed by atoms with van der Waals surface area (Å²) in [6.07, 6.45) is 0.646. The zero-order valence-electron chi connectivity index (χ0n) is 11.3. The Morgan fingerprint density at radius 1 is 1.33 bits per heavy atom. The minimum atomic E-state index is -1.32. The van der Waals surface area contributed by atoms with Crippen molar-refractivity contribution >= 4 is 11.6 Å². The van der Waals surface area contributed by atoms with E-state index in [1.54, 1.807) is 6.92 Å². The average molecular weight is 300 g/mol. The first-order chi connectivity index (χ1) is 9.71. The summed E-state index contributed by atoms with van der Waals surface area (Å²) in [5, 5.41) is 20.5. The van der Waals surface area contributed by atoms with Crippen LogP contribution in [0.3, 0.4) is 0 Å². The van der Waals surface area contributed by atoms with E-state index in [4.69, 9.17) is 0 Å². The molecule has 8 heteroatoms. The highest BCUT2D eigenvalue weighted by atomic mass is 19.1. The second kappa shape index (κ2) is 5.36. The van der Waals surface area contributed by atoms with E-state index in [9.17, 15) is 28.8 Å². The molecule has 1 aliphatic rings. The molecular formula is C13H14F2N2O4. The zero-order chi connectivity index (χ0) is 15.8. The smallest absolute Gasteiger partial charge is 0.305 e. The Kier molecular flexibility index (Phi) is 3.91. The fraction of sp³-hybridized carbons (Fsp3) is 0.462. The minimum absolute atomic E-state index is 0.205. The lowest BCUT2D eigenvalue weighted by atomic mass is 9.93. The standard InChI is InChI=1S/C13H14F2N2O4/c1-13(19)2-4-16(5-3-13)12(18)8-6-11(17(20)21)10(15)7-9(8)14/h6-7,19H,2-5H2,1H3. The Balaban J connectivity index is 2.27. The second-order valence-corrected chi connectivity index (χ2v) is 5.33. The number of piperidine rings is 1. The Morgan fingerprint density at radius 2 is 1.90 bits per heavy atom. The van der Waals surface area contributed by atoms with E-state index in [2.05, 4.69) is 0 Å². The first-order valence-electron chi connectivity index (χ1n) is 6.36. The quantitative estimate of drug-likeness (QED) is 0.667. The van der Waals surface area contributed by atoms with Crippen molar-refractivity contribution in [2.75, 3.05) is 13.1 Å². The van der Waals surface area contributed by atoms with Crippen LogP contribution in [-0.2, 0) is 0 Å². The SMILES string of the molecule is CC1(O)CCN(C(=O)c2cc([N+](=O)[O-])c(F)cc2F)CC1. The van der Waals surface area contributed by atoms with Crippen LogP contribution in [0.4, 0.5) is 14.5 Å². The molecule has 1 aromatic carbocycles. The predicted molar refractivity (Wildman–Crippen MR) is 68.8 cm³/mol. The Hall–Kier alpha value is -2.09. The second-order valence-electron chi connectivity index (χ2n) is 5.33. The van der Waals surface area contributed by atoms with Gasteiger partial charge in [-0.05, 0) is 19.8 Å². The van der Waals surface area contributed by atoms with E-state index < -0.39 is 39.3 Å². The van der Waals surface area contributed by atoms with Gasteiger partial charge >= 0.3 is 5.69 Å². The van der Waals surface area contributed by atoms with Crippen LogP contribution in [0.1, 0.15) is 30.1 Å². The van der Waals surface area contributed by atoms with Gasteiger partial charge in [-0.2, -0.15) is 4.39 Å². The van der Waals surface area contributed by atoms with E-state index in [1.807, 2.05) is 0 Å². The molecule has 21 heavy (non-hydrogen) atoms. The highest BCUT2D eigenvalue weighted by molar-refractivity contribution is 5.95. The number of aliphatic hydroxyl groups is 1. The number of halogens is 2. The van der Waals surface area contributed by atoms with Crippen LogP contribution < -0.4 is 0 Å². The van der Waals surface area contributed by atoms with Gasteiger partial charge in [0.25, 0.3) is 5.91 Å². The van der Waals surface area contributed by atoms with Crippen molar-refractivity contribution in [2.45, 2.75) is 25.4 Å². The Labute approximate surface area is 119 Å². The summed E-state index contributed by atoms with van der Waals surface area (Å²) in [7, 11) is 0. The molecule has 1 aromatic rings. The lowest BCUT2D eigenvalue weighted by molar-refractivity contribution is -0.387. The van der Waals surface area contributed by atoms with E-state index in [0.717, 1.165) is 0 Å². The summed E-state index contributed by atoms with van der Waals surface area (Å²) < 4.78 is 26.9. The third-order valence-electron chi connectivity index (χ3n) is 3.59. The maximum atomic E-state index is 13.7. The number of carbonyl (C=O) groups is 1. The van der Waals surface area contributed by atoms with Crippen LogP contribution >= 0.6 is 0 Å². The van der Waals surface area contributed by atoms with Crippen molar-refractivity contribution in [3.05, 3.63) is 39.4 Å². The van der Waals surface area contributed by atoms with Crippen LogP contribution in [0.2, 0.25) is 0 Å². The maximum absolute atomic E-state index is 13.7. The topological polar surface area (TPSA) is 83.7 Å². The minimum Gasteiger partial charge on any atom is -0.390 e. The van der Waals surface area contributed by atoms with Crippen LogP contribution in [0.5, 0.6) is 0 Å². The Morgan fingerprint density at radius 3 is 2.43 bits per heavy atom. The first kappa shape index (κ1) is 15.3. The summed E-state index contributed by atoms with van der Waals surface area (Å²) in [6.45, 7) is 2.05. The van der Waals surface area contributed by atoms with E-state index in [0.29, 0.717) is 25.0 Å². The fourth-order valence-electron chi connectivity index (χ4n) is 2.20. The molecule has 0 bridgehead atoms. The molecule has 0 aromatic heterocycles. The summed E-state index contributed by atoms with van der Waals surface area (Å²) in [6, 6.07) is 0.950. The van der Waals surface area contributed by atoms with Crippen molar-refractivity contribution in [3.63, 3.8) is 0 Å². The van der Waals surface area contributed by atoms with Gasteiger partial charge in [-0.1, -0.05) is 0 Å². The summed E-state index contributed by atoms with van der Waals surface area (Å²) >= 11 is 0.